The number of carboxylic acids is 1. The Balaban J connectivity index is 1.31. The third-order valence-electron chi connectivity index (χ3n) is 7.63. The van der Waals surface area contributed by atoms with Gasteiger partial charge in [-0.05, 0) is 79.7 Å². The van der Waals surface area contributed by atoms with Crippen molar-refractivity contribution in [3.63, 3.8) is 0 Å². The molecule has 1 saturated heterocycles. The van der Waals surface area contributed by atoms with Crippen LogP contribution in [0.2, 0.25) is 0 Å². The molecule has 1 saturated carbocycles. The number of likely N-dealkylation sites (tertiary alicyclic amines) is 1. The number of hydrogen-bond acceptors (Lipinski definition) is 5. The fraction of sp³-hybridized carbons (Fsp3) is 0.483. The van der Waals surface area contributed by atoms with Gasteiger partial charge in [0.2, 0.25) is 5.91 Å². The molecule has 0 spiro atoms. The first-order chi connectivity index (χ1) is 17.8. The molecule has 1 atom stereocenters. The van der Waals surface area contributed by atoms with Crippen molar-refractivity contribution in [3.8, 4) is 5.75 Å². The monoisotopic (exact) mass is 506 g/mol. The topological polar surface area (TPSA) is 111 Å². The molecule has 0 unspecified atom stereocenters. The van der Waals surface area contributed by atoms with E-state index < -0.39 is 12.0 Å². The summed E-state index contributed by atoms with van der Waals surface area (Å²) < 4.78 is 5.44. The second-order valence-electron chi connectivity index (χ2n) is 10.4. The van der Waals surface area contributed by atoms with Crippen LogP contribution >= 0.6 is 0 Å². The molecule has 198 valence electrons. The maximum Gasteiger partial charge on any atom is 0.322 e. The number of carbonyl (C=O) groups excluding carboxylic acids is 3. The van der Waals surface area contributed by atoms with E-state index in [1.54, 1.807) is 17.0 Å². The number of benzene rings is 2. The van der Waals surface area contributed by atoms with Crippen molar-refractivity contribution in [2.45, 2.75) is 76.3 Å². The van der Waals surface area contributed by atoms with Crippen LogP contribution in [0.4, 0.5) is 10.5 Å². The number of methoxy groups -OCH3 is 1. The summed E-state index contributed by atoms with van der Waals surface area (Å²) in [7, 11) is 1.54. The van der Waals surface area contributed by atoms with E-state index in [0.717, 1.165) is 43.4 Å². The number of carbonyl (C=O) groups is 3. The van der Waals surface area contributed by atoms with Crippen molar-refractivity contribution in [3.05, 3.63) is 59.2 Å². The quantitative estimate of drug-likeness (QED) is 0.589. The largest absolute Gasteiger partial charge is 0.545 e. The molecule has 3 amide bonds. The maximum atomic E-state index is 13.1. The lowest BCUT2D eigenvalue weighted by Gasteiger charge is -2.32. The van der Waals surface area contributed by atoms with Crippen LogP contribution in [-0.4, -0.2) is 48.5 Å². The number of rotatable bonds is 7. The first kappa shape index (κ1) is 26.5. The smallest absolute Gasteiger partial charge is 0.322 e. The Bertz CT molecular complexity index is 1120. The first-order valence-electron chi connectivity index (χ1n) is 13.1. The van der Waals surface area contributed by atoms with Gasteiger partial charge in [-0.3, -0.25) is 4.79 Å². The second kappa shape index (κ2) is 11.7. The van der Waals surface area contributed by atoms with E-state index >= 15 is 0 Å². The summed E-state index contributed by atoms with van der Waals surface area (Å²) in [6, 6.07) is 12.0. The van der Waals surface area contributed by atoms with E-state index in [2.05, 4.69) is 24.5 Å². The second-order valence-corrected chi connectivity index (χ2v) is 10.4. The molecule has 2 aromatic rings. The summed E-state index contributed by atoms with van der Waals surface area (Å²) in [5.74, 6) is -0.115. The molecule has 8 heteroatoms. The van der Waals surface area contributed by atoms with E-state index in [1.165, 1.54) is 18.7 Å². The number of urea groups is 1. The van der Waals surface area contributed by atoms with Crippen molar-refractivity contribution >= 4 is 23.6 Å². The molecule has 2 fully saturated rings. The Morgan fingerprint density at radius 1 is 1.00 bits per heavy atom. The standard InChI is InChI=1S/C29H37N3O5/c1-18(2)19-6-11-23(12-7-19)31-29(36)32-16-4-5-25(32)27(33)30-22-13-8-20(9-14-22)24-15-10-21(28(34)35)17-26(24)37-3/h6-7,10-12,15,17-18,20,22,25H,4-5,8-9,13-14,16H2,1-3H3,(H,30,33)(H,31,36)(H,34,35)/p-1/t20?,22?,25-/m1/s1. The van der Waals surface area contributed by atoms with E-state index in [4.69, 9.17) is 4.74 Å². The van der Waals surface area contributed by atoms with Gasteiger partial charge >= 0.3 is 6.03 Å². The molecule has 1 aliphatic carbocycles. The molecule has 37 heavy (non-hydrogen) atoms. The van der Waals surface area contributed by atoms with Crippen LogP contribution in [0.25, 0.3) is 0 Å². The van der Waals surface area contributed by atoms with Gasteiger partial charge in [0.25, 0.3) is 0 Å². The lowest BCUT2D eigenvalue weighted by Crippen LogP contribution is -2.50. The molecule has 0 radical (unpaired) electrons. The minimum Gasteiger partial charge on any atom is -0.545 e. The molecule has 8 nitrogen and oxygen atoms in total. The van der Waals surface area contributed by atoms with Gasteiger partial charge in [-0.25, -0.2) is 4.79 Å². The third-order valence-corrected chi connectivity index (χ3v) is 7.63. The van der Waals surface area contributed by atoms with Gasteiger partial charge in [0.1, 0.15) is 11.8 Å². The molecule has 2 N–H and O–H groups in total. The first-order valence-corrected chi connectivity index (χ1v) is 13.1. The van der Waals surface area contributed by atoms with Crippen LogP contribution in [0.5, 0.6) is 5.75 Å². The van der Waals surface area contributed by atoms with Crippen LogP contribution < -0.4 is 20.5 Å². The lowest BCUT2D eigenvalue weighted by atomic mass is 9.81. The fourth-order valence-corrected chi connectivity index (χ4v) is 5.45. The Morgan fingerprint density at radius 3 is 2.32 bits per heavy atom. The van der Waals surface area contributed by atoms with Crippen molar-refractivity contribution < 1.29 is 24.2 Å². The Morgan fingerprint density at radius 2 is 1.70 bits per heavy atom. The van der Waals surface area contributed by atoms with Crippen LogP contribution in [-0.2, 0) is 4.79 Å². The molecule has 0 bridgehead atoms. The average Bonchev–Trinajstić information content (AvgIpc) is 3.39. The van der Waals surface area contributed by atoms with E-state index in [-0.39, 0.29) is 29.5 Å². The number of amides is 3. The summed E-state index contributed by atoms with van der Waals surface area (Å²) in [5, 5.41) is 17.3. The lowest BCUT2D eigenvalue weighted by molar-refractivity contribution is -0.255. The molecule has 2 aromatic carbocycles. The number of nitrogens with one attached hydrogen (secondary N) is 2. The number of aromatic carboxylic acids is 1. The zero-order valence-corrected chi connectivity index (χ0v) is 21.8. The van der Waals surface area contributed by atoms with Crippen LogP contribution in [0.15, 0.2) is 42.5 Å². The van der Waals surface area contributed by atoms with Crippen LogP contribution in [0.3, 0.4) is 0 Å². The van der Waals surface area contributed by atoms with E-state index in [1.807, 2.05) is 24.3 Å². The predicted molar refractivity (Wildman–Crippen MR) is 140 cm³/mol. The third kappa shape index (κ3) is 6.24. The fourth-order valence-electron chi connectivity index (χ4n) is 5.45. The summed E-state index contributed by atoms with van der Waals surface area (Å²) in [6.45, 7) is 4.81. The molecule has 1 aliphatic heterocycles. The van der Waals surface area contributed by atoms with Gasteiger partial charge < -0.3 is 30.2 Å². The highest BCUT2D eigenvalue weighted by atomic mass is 16.5. The van der Waals surface area contributed by atoms with E-state index in [0.29, 0.717) is 24.6 Å². The van der Waals surface area contributed by atoms with Crippen molar-refractivity contribution in [1.29, 1.82) is 0 Å². The number of hydrogen-bond donors (Lipinski definition) is 2. The Hall–Kier alpha value is -3.55. The molecule has 2 aliphatic rings. The van der Waals surface area contributed by atoms with Crippen LogP contribution in [0.1, 0.15) is 85.7 Å². The van der Waals surface area contributed by atoms with Gasteiger partial charge in [-0.15, -0.1) is 0 Å². The zero-order chi connectivity index (χ0) is 26.5. The van der Waals surface area contributed by atoms with Gasteiger partial charge in [0.15, 0.2) is 0 Å². The van der Waals surface area contributed by atoms with E-state index in [9.17, 15) is 19.5 Å². The average molecular weight is 507 g/mol. The molecule has 0 aromatic heterocycles. The normalized spacial score (nSPS) is 21.5. The Labute approximate surface area is 218 Å². The minimum absolute atomic E-state index is 0.0475. The predicted octanol–water partition coefficient (Wildman–Crippen LogP) is 4.02. The number of nitrogens with zero attached hydrogens (tertiary/aromatic N) is 1. The van der Waals surface area contributed by atoms with Gasteiger partial charge in [-0.2, -0.15) is 0 Å². The Kier molecular flexibility index (Phi) is 8.36. The van der Waals surface area contributed by atoms with Gasteiger partial charge in [0.05, 0.1) is 13.1 Å². The highest BCUT2D eigenvalue weighted by molar-refractivity contribution is 5.94. The summed E-state index contributed by atoms with van der Waals surface area (Å²) >= 11 is 0. The van der Waals surface area contributed by atoms with Gasteiger partial charge in [0, 0.05) is 23.8 Å². The SMILES string of the molecule is COc1cc(C(=O)[O-])ccc1C1CCC(NC(=O)[C@H]2CCCN2C(=O)Nc2ccc(C(C)C)cc2)CC1. The van der Waals surface area contributed by atoms with Crippen molar-refractivity contribution in [2.75, 3.05) is 19.0 Å². The summed E-state index contributed by atoms with van der Waals surface area (Å²) in [5.41, 5.74) is 3.01. The zero-order valence-electron chi connectivity index (χ0n) is 21.8. The van der Waals surface area contributed by atoms with Crippen molar-refractivity contribution in [2.24, 2.45) is 0 Å². The number of anilines is 1. The highest BCUT2D eigenvalue weighted by Gasteiger charge is 2.36. The van der Waals surface area contributed by atoms with Gasteiger partial charge in [-0.1, -0.05) is 38.1 Å². The number of ether oxygens (including phenoxy) is 1. The summed E-state index contributed by atoms with van der Waals surface area (Å²) in [6.07, 6.45) is 4.78. The molecular weight excluding hydrogens is 470 g/mol. The summed E-state index contributed by atoms with van der Waals surface area (Å²) in [4.78, 5) is 38.9. The number of carboxylic acid groups (broad SMARTS) is 1. The molecule has 4 rings (SSSR count). The van der Waals surface area contributed by atoms with Crippen molar-refractivity contribution in [1.82, 2.24) is 10.2 Å². The maximum absolute atomic E-state index is 13.1. The minimum atomic E-state index is -1.23. The molecule has 1 heterocycles. The van der Waals surface area contributed by atoms with Crippen LogP contribution in [0, 0.1) is 0 Å². The highest BCUT2D eigenvalue weighted by Crippen LogP contribution is 2.38. The molecular formula is C29H36N3O5-.